The van der Waals surface area contributed by atoms with Gasteiger partial charge in [-0.3, -0.25) is 9.59 Å². The van der Waals surface area contributed by atoms with Crippen molar-refractivity contribution in [3.8, 4) is 5.75 Å². The molecule has 2 heterocycles. The monoisotopic (exact) mass is 428 g/mol. The van der Waals surface area contributed by atoms with Crippen molar-refractivity contribution < 1.29 is 22.7 Å². The highest BCUT2D eigenvalue weighted by atomic mass is 19.4. The quantitative estimate of drug-likeness (QED) is 0.341. The molecule has 0 saturated carbocycles. The van der Waals surface area contributed by atoms with Gasteiger partial charge in [-0.15, -0.1) is 0 Å². The Hall–Kier alpha value is -4.08. The van der Waals surface area contributed by atoms with Crippen LogP contribution in [0.5, 0.6) is 5.75 Å². The molecule has 0 aliphatic heterocycles. The first-order valence-corrected chi connectivity index (χ1v) is 8.99. The summed E-state index contributed by atoms with van der Waals surface area (Å²) < 4.78 is 44.6. The number of carbonyl (C=O) groups is 1. The highest BCUT2D eigenvalue weighted by molar-refractivity contribution is 6.01. The highest BCUT2D eigenvalue weighted by Gasteiger charge is 2.33. The molecule has 4 rings (SSSR count). The Balaban J connectivity index is 1.61. The molecule has 1 amide bonds. The minimum Gasteiger partial charge on any atom is -0.497 e. The van der Waals surface area contributed by atoms with Gasteiger partial charge in [-0.05, 0) is 30.3 Å². The summed E-state index contributed by atoms with van der Waals surface area (Å²) >= 11 is 0. The van der Waals surface area contributed by atoms with E-state index >= 15 is 0 Å². The summed E-state index contributed by atoms with van der Waals surface area (Å²) in [7, 11) is 1.54. The Morgan fingerprint density at radius 2 is 1.94 bits per heavy atom. The van der Waals surface area contributed by atoms with Crippen molar-refractivity contribution in [1.29, 1.82) is 0 Å². The maximum atomic E-state index is 13.1. The number of aromatic amines is 2. The van der Waals surface area contributed by atoms with Gasteiger partial charge in [-0.1, -0.05) is 6.07 Å². The maximum Gasteiger partial charge on any atom is 0.418 e. The lowest BCUT2D eigenvalue weighted by Gasteiger charge is -2.10. The Morgan fingerprint density at radius 3 is 2.68 bits per heavy atom. The van der Waals surface area contributed by atoms with E-state index in [0.717, 1.165) is 29.2 Å². The molecule has 31 heavy (non-hydrogen) atoms. The maximum absolute atomic E-state index is 13.1. The normalized spacial score (nSPS) is 12.0. The van der Waals surface area contributed by atoms with E-state index < -0.39 is 23.1 Å². The molecule has 7 nitrogen and oxygen atoms in total. The average Bonchev–Trinajstić information content (AvgIpc) is 3.15. The van der Waals surface area contributed by atoms with Crippen LogP contribution >= 0.6 is 0 Å². The molecule has 158 valence electrons. The van der Waals surface area contributed by atoms with Crippen LogP contribution in [0.4, 0.5) is 13.2 Å². The van der Waals surface area contributed by atoms with Gasteiger partial charge in [0.25, 0.3) is 5.91 Å². The van der Waals surface area contributed by atoms with E-state index in [1.54, 1.807) is 25.4 Å². The molecule has 2 aromatic heterocycles. The van der Waals surface area contributed by atoms with Crippen LogP contribution in [0, 0.1) is 0 Å². The molecule has 3 N–H and O–H groups in total. The molecule has 0 unspecified atom stereocenters. The average molecular weight is 428 g/mol. The number of fused-ring (bicyclic) bond motifs is 2. The predicted molar refractivity (Wildman–Crippen MR) is 109 cm³/mol. The standard InChI is InChI=1S/C21H15F3N4O3/c1-31-12-5-6-17-14(7-12)11(8-25-17)9-27-28-20(30)15-10-26-18-13(19(15)29)3-2-4-16(18)21(22,23)24/h2-10,25H,1H3,(H,26,29)(H,28,30)/b27-9+. The molecule has 0 bridgehead atoms. The van der Waals surface area contributed by atoms with Crippen LogP contribution in [0.25, 0.3) is 21.8 Å². The molecule has 0 radical (unpaired) electrons. The summed E-state index contributed by atoms with van der Waals surface area (Å²) in [6.07, 6.45) is -0.631. The number of ether oxygens (including phenoxy) is 1. The van der Waals surface area contributed by atoms with Crippen molar-refractivity contribution in [2.24, 2.45) is 5.10 Å². The first-order chi connectivity index (χ1) is 14.8. The smallest absolute Gasteiger partial charge is 0.418 e. The van der Waals surface area contributed by atoms with Crippen LogP contribution in [0.1, 0.15) is 21.5 Å². The molecule has 0 fully saturated rings. The molecule has 0 aliphatic carbocycles. The second-order valence-corrected chi connectivity index (χ2v) is 6.61. The van der Waals surface area contributed by atoms with Crippen LogP contribution in [0.3, 0.4) is 0 Å². The molecule has 0 aliphatic rings. The van der Waals surface area contributed by atoms with E-state index in [1.165, 1.54) is 12.3 Å². The van der Waals surface area contributed by atoms with Crippen LogP contribution < -0.4 is 15.6 Å². The number of rotatable bonds is 4. The van der Waals surface area contributed by atoms with Gasteiger partial charge in [0.2, 0.25) is 5.43 Å². The molecular formula is C21H15F3N4O3. The second-order valence-electron chi connectivity index (χ2n) is 6.61. The fourth-order valence-corrected chi connectivity index (χ4v) is 3.23. The molecule has 4 aromatic rings. The minimum atomic E-state index is -4.64. The second kappa shape index (κ2) is 7.63. The SMILES string of the molecule is COc1ccc2[nH]cc(/C=N/NC(=O)c3c[nH]c4c(C(F)(F)F)cccc4c3=O)c2c1. The number of hydrazone groups is 1. The van der Waals surface area contributed by atoms with Gasteiger partial charge in [0.1, 0.15) is 11.3 Å². The number of aromatic nitrogens is 2. The number of alkyl halides is 3. The number of amides is 1. The van der Waals surface area contributed by atoms with Gasteiger partial charge in [0.15, 0.2) is 0 Å². The number of H-pyrrole nitrogens is 2. The molecule has 10 heteroatoms. The number of para-hydroxylation sites is 1. The molecule has 2 aromatic carbocycles. The number of benzene rings is 2. The zero-order valence-electron chi connectivity index (χ0n) is 16.0. The molecule has 0 spiro atoms. The van der Waals surface area contributed by atoms with Gasteiger partial charge >= 0.3 is 6.18 Å². The van der Waals surface area contributed by atoms with Crippen LogP contribution in [0.15, 0.2) is 58.7 Å². The number of nitrogens with one attached hydrogen (secondary N) is 3. The molecule has 0 atom stereocenters. The van der Waals surface area contributed by atoms with Crippen molar-refractivity contribution in [2.75, 3.05) is 7.11 Å². The van der Waals surface area contributed by atoms with Crippen molar-refractivity contribution in [2.45, 2.75) is 6.18 Å². The number of methoxy groups -OCH3 is 1. The van der Waals surface area contributed by atoms with E-state index in [9.17, 15) is 22.8 Å². The van der Waals surface area contributed by atoms with Crippen molar-refractivity contribution in [3.63, 3.8) is 0 Å². The summed E-state index contributed by atoms with van der Waals surface area (Å²) in [4.78, 5) is 30.4. The lowest BCUT2D eigenvalue weighted by atomic mass is 10.1. The Morgan fingerprint density at radius 1 is 1.13 bits per heavy atom. The third-order valence-corrected chi connectivity index (χ3v) is 4.76. The van der Waals surface area contributed by atoms with Gasteiger partial charge in [-0.2, -0.15) is 18.3 Å². The van der Waals surface area contributed by atoms with E-state index in [2.05, 4.69) is 20.5 Å². The largest absolute Gasteiger partial charge is 0.497 e. The fraction of sp³-hybridized carbons (Fsp3) is 0.0952. The van der Waals surface area contributed by atoms with Crippen LogP contribution in [-0.4, -0.2) is 29.2 Å². The third kappa shape index (κ3) is 3.75. The van der Waals surface area contributed by atoms with E-state index in [-0.39, 0.29) is 16.5 Å². The molecule has 0 saturated heterocycles. The van der Waals surface area contributed by atoms with Crippen molar-refractivity contribution >= 4 is 33.9 Å². The summed E-state index contributed by atoms with van der Waals surface area (Å²) in [5.74, 6) is -0.207. The van der Waals surface area contributed by atoms with Gasteiger partial charge in [-0.25, -0.2) is 5.43 Å². The highest BCUT2D eigenvalue weighted by Crippen LogP contribution is 2.33. The Labute approximate surface area is 172 Å². The van der Waals surface area contributed by atoms with Crippen LogP contribution in [-0.2, 0) is 6.18 Å². The zero-order chi connectivity index (χ0) is 22.2. The zero-order valence-corrected chi connectivity index (χ0v) is 16.0. The molecular weight excluding hydrogens is 413 g/mol. The fourth-order valence-electron chi connectivity index (χ4n) is 3.23. The summed E-state index contributed by atoms with van der Waals surface area (Å²) in [5, 5.41) is 4.42. The Bertz CT molecular complexity index is 1390. The number of carbonyl (C=O) groups excluding carboxylic acids is 1. The van der Waals surface area contributed by atoms with Gasteiger partial charge in [0, 0.05) is 34.2 Å². The first-order valence-electron chi connectivity index (χ1n) is 8.99. The number of nitrogens with zero attached hydrogens (tertiary/aromatic N) is 1. The van der Waals surface area contributed by atoms with E-state index in [0.29, 0.717) is 11.3 Å². The predicted octanol–water partition coefficient (Wildman–Crippen LogP) is 3.80. The number of halogens is 3. The van der Waals surface area contributed by atoms with Gasteiger partial charge in [0.05, 0.1) is 24.4 Å². The number of pyridine rings is 1. The Kier molecular flexibility index (Phi) is 4.97. The first kappa shape index (κ1) is 20.2. The summed E-state index contributed by atoms with van der Waals surface area (Å²) in [5.41, 5.74) is 1.17. The van der Waals surface area contributed by atoms with Crippen LogP contribution in [0.2, 0.25) is 0 Å². The van der Waals surface area contributed by atoms with E-state index in [1.807, 2.05) is 6.07 Å². The summed E-state index contributed by atoms with van der Waals surface area (Å²) in [6, 6.07) is 8.61. The topological polar surface area (TPSA) is 99.3 Å². The van der Waals surface area contributed by atoms with E-state index in [4.69, 9.17) is 4.74 Å². The van der Waals surface area contributed by atoms with Gasteiger partial charge < -0.3 is 14.7 Å². The van der Waals surface area contributed by atoms with Crippen molar-refractivity contribution in [3.05, 3.63) is 75.7 Å². The number of hydrogen-bond donors (Lipinski definition) is 3. The third-order valence-electron chi connectivity index (χ3n) is 4.76. The number of hydrogen-bond acceptors (Lipinski definition) is 4. The van der Waals surface area contributed by atoms with Crippen molar-refractivity contribution in [1.82, 2.24) is 15.4 Å². The lowest BCUT2D eigenvalue weighted by Crippen LogP contribution is -2.25. The minimum absolute atomic E-state index is 0.241. The lowest BCUT2D eigenvalue weighted by molar-refractivity contribution is -0.136. The summed E-state index contributed by atoms with van der Waals surface area (Å²) in [6.45, 7) is 0.